The monoisotopic (exact) mass is 381 g/mol. The molecule has 0 amide bonds. The van der Waals surface area contributed by atoms with E-state index in [4.69, 9.17) is 9.47 Å². The molecule has 2 heterocycles. The summed E-state index contributed by atoms with van der Waals surface area (Å²) in [7, 11) is 1.68. The molecule has 3 aromatic rings. The normalized spacial score (nSPS) is 17.0. The van der Waals surface area contributed by atoms with Crippen LogP contribution in [-0.2, 0) is 4.74 Å². The molecule has 1 aliphatic heterocycles. The van der Waals surface area contributed by atoms with Gasteiger partial charge in [0.05, 0.1) is 18.8 Å². The van der Waals surface area contributed by atoms with Crippen molar-refractivity contribution in [1.82, 2.24) is 14.8 Å². The lowest BCUT2D eigenvalue weighted by molar-refractivity contribution is 0.0315. The molecule has 0 N–H and O–H groups in total. The van der Waals surface area contributed by atoms with Crippen LogP contribution in [-0.4, -0.2) is 40.3 Å². The summed E-state index contributed by atoms with van der Waals surface area (Å²) < 4.78 is 13.5. The van der Waals surface area contributed by atoms with E-state index < -0.39 is 0 Å². The van der Waals surface area contributed by atoms with Crippen molar-refractivity contribution in [2.24, 2.45) is 0 Å². The smallest absolute Gasteiger partial charge is 0.196 e. The van der Waals surface area contributed by atoms with Gasteiger partial charge in [-0.25, -0.2) is 0 Å². The first-order valence-corrected chi connectivity index (χ1v) is 10.2. The zero-order valence-corrected chi connectivity index (χ0v) is 16.2. The molecule has 0 saturated carbocycles. The summed E-state index contributed by atoms with van der Waals surface area (Å²) in [4.78, 5) is 0. The van der Waals surface area contributed by atoms with Crippen molar-refractivity contribution < 1.29 is 9.47 Å². The SMILES string of the molecule is COc1ccccc1-c1nnc(SCC2CCCCO2)n1-c1ccccc1. The van der Waals surface area contributed by atoms with Crippen LogP contribution >= 0.6 is 11.8 Å². The van der Waals surface area contributed by atoms with E-state index in [0.29, 0.717) is 6.10 Å². The summed E-state index contributed by atoms with van der Waals surface area (Å²) in [5, 5.41) is 9.87. The molecule has 1 fully saturated rings. The first-order chi connectivity index (χ1) is 13.4. The van der Waals surface area contributed by atoms with Crippen LogP contribution in [0.25, 0.3) is 17.1 Å². The van der Waals surface area contributed by atoms with E-state index in [-0.39, 0.29) is 0 Å². The van der Waals surface area contributed by atoms with Gasteiger partial charge in [0.2, 0.25) is 0 Å². The van der Waals surface area contributed by atoms with Crippen molar-refractivity contribution in [2.45, 2.75) is 30.5 Å². The van der Waals surface area contributed by atoms with Crippen LogP contribution in [0.3, 0.4) is 0 Å². The van der Waals surface area contributed by atoms with Gasteiger partial charge >= 0.3 is 0 Å². The zero-order chi connectivity index (χ0) is 18.5. The van der Waals surface area contributed by atoms with Gasteiger partial charge in [0.1, 0.15) is 5.75 Å². The lowest BCUT2D eigenvalue weighted by Gasteiger charge is -2.22. The molecule has 2 aromatic carbocycles. The van der Waals surface area contributed by atoms with E-state index in [0.717, 1.165) is 46.8 Å². The second kappa shape index (κ2) is 8.59. The maximum absolute atomic E-state index is 5.87. The quantitative estimate of drug-likeness (QED) is 0.584. The number of rotatable bonds is 6. The molecule has 6 heteroatoms. The van der Waals surface area contributed by atoms with Crippen LogP contribution in [0.1, 0.15) is 19.3 Å². The van der Waals surface area contributed by atoms with Crippen LogP contribution < -0.4 is 4.74 Å². The Morgan fingerprint density at radius 1 is 1.07 bits per heavy atom. The third-order valence-corrected chi connectivity index (χ3v) is 5.73. The Bertz CT molecular complexity index is 876. The minimum absolute atomic E-state index is 0.291. The molecule has 1 aromatic heterocycles. The summed E-state index contributed by atoms with van der Waals surface area (Å²) in [6.07, 6.45) is 3.81. The minimum atomic E-state index is 0.291. The highest BCUT2D eigenvalue weighted by Crippen LogP contribution is 2.33. The summed E-state index contributed by atoms with van der Waals surface area (Å²) >= 11 is 1.70. The first kappa shape index (κ1) is 18.1. The standard InChI is InChI=1S/C21H23N3O2S/c1-25-19-13-6-5-12-18(19)20-22-23-21(24(20)16-9-3-2-4-10-16)27-15-17-11-7-8-14-26-17/h2-6,9-10,12-13,17H,7-8,11,14-15H2,1H3. The van der Waals surface area contributed by atoms with E-state index in [1.54, 1.807) is 18.9 Å². The Morgan fingerprint density at radius 2 is 1.89 bits per heavy atom. The molecule has 0 bridgehead atoms. The second-order valence-electron chi connectivity index (χ2n) is 6.48. The molecule has 0 spiro atoms. The Kier molecular flexibility index (Phi) is 5.75. The lowest BCUT2D eigenvalue weighted by atomic mass is 10.1. The molecule has 1 saturated heterocycles. The summed E-state index contributed by atoms with van der Waals surface area (Å²) in [6, 6.07) is 18.1. The van der Waals surface area contributed by atoms with Crippen LogP contribution in [0.5, 0.6) is 5.75 Å². The van der Waals surface area contributed by atoms with Gasteiger partial charge in [-0.2, -0.15) is 0 Å². The minimum Gasteiger partial charge on any atom is -0.496 e. The van der Waals surface area contributed by atoms with Gasteiger partial charge in [0.15, 0.2) is 11.0 Å². The number of thioether (sulfide) groups is 1. The van der Waals surface area contributed by atoms with E-state index in [2.05, 4.69) is 26.9 Å². The number of ether oxygens (including phenoxy) is 2. The van der Waals surface area contributed by atoms with Crippen molar-refractivity contribution in [1.29, 1.82) is 0 Å². The fourth-order valence-corrected chi connectivity index (χ4v) is 4.30. The maximum atomic E-state index is 5.87. The number of para-hydroxylation sites is 2. The van der Waals surface area contributed by atoms with Gasteiger partial charge in [-0.05, 0) is 43.5 Å². The Labute approximate surface area is 163 Å². The zero-order valence-electron chi connectivity index (χ0n) is 15.4. The average Bonchev–Trinajstić information content (AvgIpc) is 3.17. The number of methoxy groups -OCH3 is 1. The molecule has 0 aliphatic carbocycles. The van der Waals surface area contributed by atoms with Crippen LogP contribution in [0.2, 0.25) is 0 Å². The number of nitrogens with zero attached hydrogens (tertiary/aromatic N) is 3. The van der Waals surface area contributed by atoms with Crippen molar-refractivity contribution in [2.75, 3.05) is 19.5 Å². The molecule has 27 heavy (non-hydrogen) atoms. The van der Waals surface area contributed by atoms with Crippen molar-refractivity contribution in [3.8, 4) is 22.8 Å². The van der Waals surface area contributed by atoms with Gasteiger partial charge in [-0.15, -0.1) is 10.2 Å². The van der Waals surface area contributed by atoms with Crippen LogP contribution in [0.4, 0.5) is 0 Å². The largest absolute Gasteiger partial charge is 0.496 e. The average molecular weight is 382 g/mol. The van der Waals surface area contributed by atoms with E-state index in [1.807, 2.05) is 42.5 Å². The van der Waals surface area contributed by atoms with Crippen LogP contribution in [0.15, 0.2) is 59.8 Å². The summed E-state index contributed by atoms with van der Waals surface area (Å²) in [6.45, 7) is 0.864. The molecular weight excluding hydrogens is 358 g/mol. The summed E-state index contributed by atoms with van der Waals surface area (Å²) in [5.41, 5.74) is 1.97. The van der Waals surface area contributed by atoms with Gasteiger partial charge in [-0.3, -0.25) is 4.57 Å². The molecule has 4 rings (SSSR count). The predicted octanol–water partition coefficient (Wildman–Crippen LogP) is 4.60. The first-order valence-electron chi connectivity index (χ1n) is 9.25. The highest BCUT2D eigenvalue weighted by atomic mass is 32.2. The highest BCUT2D eigenvalue weighted by Gasteiger charge is 2.21. The number of hydrogen-bond acceptors (Lipinski definition) is 5. The number of benzene rings is 2. The Balaban J connectivity index is 1.70. The fourth-order valence-electron chi connectivity index (χ4n) is 3.28. The van der Waals surface area contributed by atoms with Crippen molar-refractivity contribution in [3.63, 3.8) is 0 Å². The number of hydrogen-bond donors (Lipinski definition) is 0. The predicted molar refractivity (Wildman–Crippen MR) is 108 cm³/mol. The summed E-state index contributed by atoms with van der Waals surface area (Å²) in [5.74, 6) is 2.46. The van der Waals surface area contributed by atoms with Gasteiger partial charge in [0, 0.05) is 18.0 Å². The fraction of sp³-hybridized carbons (Fsp3) is 0.333. The number of aromatic nitrogens is 3. The van der Waals surface area contributed by atoms with Crippen molar-refractivity contribution in [3.05, 3.63) is 54.6 Å². The maximum Gasteiger partial charge on any atom is 0.196 e. The van der Waals surface area contributed by atoms with E-state index in [1.165, 1.54) is 12.8 Å². The molecule has 5 nitrogen and oxygen atoms in total. The lowest BCUT2D eigenvalue weighted by Crippen LogP contribution is -2.21. The molecule has 140 valence electrons. The third-order valence-electron chi connectivity index (χ3n) is 4.67. The van der Waals surface area contributed by atoms with Crippen LogP contribution in [0, 0.1) is 0 Å². The van der Waals surface area contributed by atoms with Gasteiger partial charge in [-0.1, -0.05) is 42.1 Å². The Hall–Kier alpha value is -2.31. The van der Waals surface area contributed by atoms with Crippen molar-refractivity contribution >= 4 is 11.8 Å². The topological polar surface area (TPSA) is 49.2 Å². The van der Waals surface area contributed by atoms with Gasteiger partial charge < -0.3 is 9.47 Å². The molecule has 1 atom stereocenters. The second-order valence-corrected chi connectivity index (χ2v) is 7.46. The highest BCUT2D eigenvalue weighted by molar-refractivity contribution is 7.99. The van der Waals surface area contributed by atoms with E-state index in [9.17, 15) is 0 Å². The van der Waals surface area contributed by atoms with E-state index >= 15 is 0 Å². The molecule has 1 aliphatic rings. The molecule has 1 unspecified atom stereocenters. The Morgan fingerprint density at radius 3 is 2.67 bits per heavy atom. The molecular formula is C21H23N3O2S. The molecule has 0 radical (unpaired) electrons. The van der Waals surface area contributed by atoms with Gasteiger partial charge in [0.25, 0.3) is 0 Å². The third kappa shape index (κ3) is 4.01.